The van der Waals surface area contributed by atoms with Gasteiger partial charge in [-0.25, -0.2) is 4.68 Å². The van der Waals surface area contributed by atoms with Crippen molar-refractivity contribution in [3.05, 3.63) is 11.8 Å². The summed E-state index contributed by atoms with van der Waals surface area (Å²) >= 11 is 0. The van der Waals surface area contributed by atoms with Gasteiger partial charge >= 0.3 is 0 Å². The molecule has 6 nitrogen and oxygen atoms in total. The van der Waals surface area contributed by atoms with E-state index in [1.54, 1.807) is 11.8 Å². The standard InChI is InChI=1S/C11H18N4O2/c1-17-9-5-3-2-4-8(9)15-10(12)7(6-14-15)11(13)16/h6,8-9H,2-5,12H2,1H3,(H2,13,16). The van der Waals surface area contributed by atoms with Crippen molar-refractivity contribution in [3.8, 4) is 0 Å². The van der Waals surface area contributed by atoms with Gasteiger partial charge in [0.25, 0.3) is 5.91 Å². The molecular weight excluding hydrogens is 220 g/mol. The molecule has 0 saturated heterocycles. The van der Waals surface area contributed by atoms with Gasteiger partial charge in [-0.1, -0.05) is 12.8 Å². The first-order valence-corrected chi connectivity index (χ1v) is 5.80. The van der Waals surface area contributed by atoms with Gasteiger partial charge in [-0.3, -0.25) is 4.79 Å². The molecule has 2 rings (SSSR count). The fraction of sp³-hybridized carbons (Fsp3) is 0.636. The lowest BCUT2D eigenvalue weighted by Gasteiger charge is -2.31. The van der Waals surface area contributed by atoms with E-state index in [1.165, 1.54) is 6.20 Å². The zero-order valence-electron chi connectivity index (χ0n) is 9.93. The van der Waals surface area contributed by atoms with Gasteiger partial charge in [0, 0.05) is 7.11 Å². The van der Waals surface area contributed by atoms with E-state index in [-0.39, 0.29) is 17.7 Å². The molecule has 0 spiro atoms. The first-order chi connectivity index (χ1) is 8.15. The van der Waals surface area contributed by atoms with Crippen molar-refractivity contribution in [1.29, 1.82) is 0 Å². The van der Waals surface area contributed by atoms with E-state index in [2.05, 4.69) is 5.10 Å². The predicted molar refractivity (Wildman–Crippen MR) is 63.5 cm³/mol. The summed E-state index contributed by atoms with van der Waals surface area (Å²) in [5.74, 6) is -0.204. The van der Waals surface area contributed by atoms with Crippen LogP contribution in [0, 0.1) is 0 Å². The average Bonchev–Trinajstić information content (AvgIpc) is 2.71. The molecule has 0 bridgehead atoms. The summed E-state index contributed by atoms with van der Waals surface area (Å²) in [5, 5.41) is 4.17. The lowest BCUT2D eigenvalue weighted by atomic mass is 9.92. The number of aromatic nitrogens is 2. The monoisotopic (exact) mass is 238 g/mol. The number of primary amides is 1. The van der Waals surface area contributed by atoms with E-state index in [0.29, 0.717) is 5.82 Å². The normalized spacial score (nSPS) is 24.8. The van der Waals surface area contributed by atoms with Crippen molar-refractivity contribution in [2.75, 3.05) is 12.8 Å². The van der Waals surface area contributed by atoms with Crippen LogP contribution >= 0.6 is 0 Å². The van der Waals surface area contributed by atoms with Crippen LogP contribution in [0.25, 0.3) is 0 Å². The number of nitrogens with two attached hydrogens (primary N) is 2. The third-order valence-electron chi connectivity index (χ3n) is 3.38. The molecule has 1 heterocycles. The van der Waals surface area contributed by atoms with Crippen LogP contribution in [0.4, 0.5) is 5.82 Å². The summed E-state index contributed by atoms with van der Waals surface area (Å²) in [5.41, 5.74) is 11.4. The highest BCUT2D eigenvalue weighted by Gasteiger charge is 2.29. The van der Waals surface area contributed by atoms with Gasteiger partial charge in [-0.05, 0) is 12.8 Å². The molecule has 1 aromatic rings. The van der Waals surface area contributed by atoms with Gasteiger partial charge in [-0.15, -0.1) is 0 Å². The summed E-state index contributed by atoms with van der Waals surface area (Å²) in [4.78, 5) is 11.1. The first-order valence-electron chi connectivity index (χ1n) is 5.80. The highest BCUT2D eigenvalue weighted by Crippen LogP contribution is 2.32. The maximum absolute atomic E-state index is 11.1. The van der Waals surface area contributed by atoms with Crippen molar-refractivity contribution >= 4 is 11.7 Å². The molecule has 1 aromatic heterocycles. The third kappa shape index (κ3) is 2.12. The molecule has 1 amide bonds. The van der Waals surface area contributed by atoms with Crippen LogP contribution in [0.15, 0.2) is 6.20 Å². The number of rotatable bonds is 3. The van der Waals surface area contributed by atoms with Gasteiger partial charge in [0.1, 0.15) is 11.4 Å². The second kappa shape index (κ2) is 4.75. The molecule has 2 atom stereocenters. The second-order valence-corrected chi connectivity index (χ2v) is 4.38. The number of methoxy groups -OCH3 is 1. The Labute approximate surface area is 99.9 Å². The molecule has 94 valence electrons. The average molecular weight is 238 g/mol. The second-order valence-electron chi connectivity index (χ2n) is 4.38. The number of anilines is 1. The Kier molecular flexibility index (Phi) is 3.33. The number of carbonyl (C=O) groups is 1. The highest BCUT2D eigenvalue weighted by molar-refractivity contribution is 5.96. The SMILES string of the molecule is COC1CCCCC1n1ncc(C(N)=O)c1N. The zero-order chi connectivity index (χ0) is 12.4. The number of carbonyl (C=O) groups excluding carboxylic acids is 1. The summed E-state index contributed by atoms with van der Waals surface area (Å²) in [6.45, 7) is 0. The molecule has 17 heavy (non-hydrogen) atoms. The molecule has 4 N–H and O–H groups in total. The summed E-state index contributed by atoms with van der Waals surface area (Å²) in [6.07, 6.45) is 5.76. The largest absolute Gasteiger partial charge is 0.383 e. The third-order valence-corrected chi connectivity index (χ3v) is 3.38. The van der Waals surface area contributed by atoms with Crippen molar-refractivity contribution in [2.45, 2.75) is 37.8 Å². The Morgan fingerprint density at radius 1 is 1.53 bits per heavy atom. The number of amides is 1. The molecule has 1 aliphatic rings. The molecule has 6 heteroatoms. The molecule has 1 aliphatic carbocycles. The topological polar surface area (TPSA) is 96.2 Å². The minimum atomic E-state index is -0.543. The van der Waals surface area contributed by atoms with Gasteiger partial charge in [0.05, 0.1) is 18.3 Å². The van der Waals surface area contributed by atoms with Crippen LogP contribution in [0.1, 0.15) is 42.1 Å². The van der Waals surface area contributed by atoms with Crippen molar-refractivity contribution in [2.24, 2.45) is 5.73 Å². The van der Waals surface area contributed by atoms with E-state index < -0.39 is 5.91 Å². The van der Waals surface area contributed by atoms with Crippen molar-refractivity contribution in [1.82, 2.24) is 9.78 Å². The molecule has 1 saturated carbocycles. The van der Waals surface area contributed by atoms with E-state index in [0.717, 1.165) is 25.7 Å². The van der Waals surface area contributed by atoms with Crippen LogP contribution in [0.2, 0.25) is 0 Å². The van der Waals surface area contributed by atoms with Gasteiger partial charge in [0.2, 0.25) is 0 Å². The Morgan fingerprint density at radius 3 is 2.82 bits per heavy atom. The van der Waals surface area contributed by atoms with Gasteiger partial charge in [0.15, 0.2) is 0 Å². The molecule has 0 radical (unpaired) electrons. The molecule has 0 aliphatic heterocycles. The Morgan fingerprint density at radius 2 is 2.24 bits per heavy atom. The molecule has 0 aromatic carbocycles. The Hall–Kier alpha value is -1.56. The van der Waals surface area contributed by atoms with Crippen LogP contribution in [-0.4, -0.2) is 28.9 Å². The van der Waals surface area contributed by atoms with E-state index >= 15 is 0 Å². The number of ether oxygens (including phenoxy) is 1. The molecule has 2 unspecified atom stereocenters. The first kappa shape index (κ1) is 11.9. The van der Waals surface area contributed by atoms with E-state index in [1.807, 2.05) is 0 Å². The zero-order valence-corrected chi connectivity index (χ0v) is 9.93. The van der Waals surface area contributed by atoms with E-state index in [9.17, 15) is 4.79 Å². The van der Waals surface area contributed by atoms with Crippen LogP contribution < -0.4 is 11.5 Å². The molecular formula is C11H18N4O2. The summed E-state index contributed by atoms with van der Waals surface area (Å²) in [6, 6.07) is 0.0989. The molecule has 1 fully saturated rings. The number of hydrogen-bond acceptors (Lipinski definition) is 4. The quantitative estimate of drug-likeness (QED) is 0.809. The Balaban J connectivity index is 2.29. The van der Waals surface area contributed by atoms with Gasteiger partial charge in [-0.2, -0.15) is 5.10 Å². The number of nitrogens with zero attached hydrogens (tertiary/aromatic N) is 2. The predicted octanol–water partition coefficient (Wildman–Crippen LogP) is 0.694. The van der Waals surface area contributed by atoms with Crippen LogP contribution in [0.3, 0.4) is 0 Å². The maximum atomic E-state index is 11.1. The Bertz CT molecular complexity index is 416. The number of hydrogen-bond donors (Lipinski definition) is 2. The van der Waals surface area contributed by atoms with E-state index in [4.69, 9.17) is 16.2 Å². The minimum absolute atomic E-state index is 0.0989. The lowest BCUT2D eigenvalue weighted by molar-refractivity contribution is 0.0254. The number of nitrogen functional groups attached to an aromatic ring is 1. The van der Waals surface area contributed by atoms with Crippen molar-refractivity contribution < 1.29 is 9.53 Å². The fourth-order valence-corrected chi connectivity index (χ4v) is 2.46. The maximum Gasteiger partial charge on any atom is 0.254 e. The van der Waals surface area contributed by atoms with Crippen molar-refractivity contribution in [3.63, 3.8) is 0 Å². The minimum Gasteiger partial charge on any atom is -0.383 e. The summed E-state index contributed by atoms with van der Waals surface area (Å²) < 4.78 is 7.12. The fourth-order valence-electron chi connectivity index (χ4n) is 2.46. The lowest BCUT2D eigenvalue weighted by Crippen LogP contribution is -2.31. The van der Waals surface area contributed by atoms with Gasteiger partial charge < -0.3 is 16.2 Å². The smallest absolute Gasteiger partial charge is 0.254 e. The highest BCUT2D eigenvalue weighted by atomic mass is 16.5. The summed E-state index contributed by atoms with van der Waals surface area (Å²) in [7, 11) is 1.69. The van der Waals surface area contributed by atoms with Crippen LogP contribution in [0.5, 0.6) is 0 Å². The van der Waals surface area contributed by atoms with Crippen LogP contribution in [-0.2, 0) is 4.74 Å².